The van der Waals surface area contributed by atoms with Crippen LogP contribution < -0.4 is 9.62 Å². The van der Waals surface area contributed by atoms with E-state index in [2.05, 4.69) is 5.32 Å². The molecule has 1 amide bonds. The molecule has 2 rings (SSSR count). The van der Waals surface area contributed by atoms with Gasteiger partial charge in [-0.15, -0.1) is 0 Å². The molecule has 0 aliphatic carbocycles. The molecular formula is C19H23ClN2O3S. The van der Waals surface area contributed by atoms with Crippen molar-refractivity contribution in [1.82, 2.24) is 5.32 Å². The van der Waals surface area contributed by atoms with Crippen LogP contribution in [0.25, 0.3) is 0 Å². The maximum atomic E-state index is 13.2. The minimum atomic E-state index is -3.96. The molecule has 0 spiro atoms. The molecule has 2 aromatic rings. The van der Waals surface area contributed by atoms with Crippen LogP contribution in [0.4, 0.5) is 5.69 Å². The van der Waals surface area contributed by atoms with E-state index in [0.29, 0.717) is 0 Å². The molecule has 0 bridgehead atoms. The Morgan fingerprint density at radius 2 is 1.65 bits per heavy atom. The van der Waals surface area contributed by atoms with Crippen LogP contribution in [0.1, 0.15) is 26.3 Å². The van der Waals surface area contributed by atoms with Crippen LogP contribution >= 0.6 is 11.6 Å². The zero-order chi connectivity index (χ0) is 19.5. The third-order valence-corrected chi connectivity index (χ3v) is 5.63. The maximum absolute atomic E-state index is 13.2. The molecule has 140 valence electrons. The average molecular weight is 395 g/mol. The van der Waals surface area contributed by atoms with Crippen molar-refractivity contribution in [2.75, 3.05) is 10.8 Å². The van der Waals surface area contributed by atoms with Crippen LogP contribution in [-0.2, 0) is 14.8 Å². The number of benzene rings is 2. The smallest absolute Gasteiger partial charge is 0.264 e. The monoisotopic (exact) mass is 394 g/mol. The summed E-state index contributed by atoms with van der Waals surface area (Å²) < 4.78 is 27.4. The van der Waals surface area contributed by atoms with E-state index >= 15 is 0 Å². The normalized spacial score (nSPS) is 11.9. The molecule has 0 heterocycles. The number of aryl methyl sites for hydroxylation is 1. The van der Waals surface area contributed by atoms with E-state index in [1.807, 2.05) is 27.7 Å². The van der Waals surface area contributed by atoms with Gasteiger partial charge in [0.15, 0.2) is 0 Å². The van der Waals surface area contributed by atoms with Gasteiger partial charge in [-0.2, -0.15) is 0 Å². The molecule has 0 fully saturated rings. The van der Waals surface area contributed by atoms with E-state index in [1.165, 1.54) is 12.1 Å². The summed E-state index contributed by atoms with van der Waals surface area (Å²) in [6, 6.07) is 13.0. The number of amides is 1. The summed E-state index contributed by atoms with van der Waals surface area (Å²) >= 11 is 6.22. The Hall–Kier alpha value is -2.05. The Kier molecular flexibility index (Phi) is 5.98. The van der Waals surface area contributed by atoms with E-state index in [-0.39, 0.29) is 22.2 Å². The van der Waals surface area contributed by atoms with Gasteiger partial charge in [0.1, 0.15) is 6.54 Å². The highest BCUT2D eigenvalue weighted by Crippen LogP contribution is 2.30. The first-order valence-electron chi connectivity index (χ1n) is 8.16. The molecule has 0 atom stereocenters. The van der Waals surface area contributed by atoms with Crippen molar-refractivity contribution in [2.24, 2.45) is 0 Å². The molecule has 0 radical (unpaired) electrons. The van der Waals surface area contributed by atoms with Gasteiger partial charge in [-0.1, -0.05) is 41.4 Å². The lowest BCUT2D eigenvalue weighted by Gasteiger charge is -2.27. The summed E-state index contributed by atoms with van der Waals surface area (Å²) in [6.07, 6.45) is 0. The highest BCUT2D eigenvalue weighted by atomic mass is 35.5. The quantitative estimate of drug-likeness (QED) is 0.839. The fourth-order valence-corrected chi connectivity index (χ4v) is 4.11. The summed E-state index contributed by atoms with van der Waals surface area (Å²) in [5, 5.41) is 3.04. The van der Waals surface area contributed by atoms with Crippen LogP contribution in [-0.4, -0.2) is 26.4 Å². The molecule has 2 aromatic carbocycles. The number of para-hydroxylation sites is 1. The van der Waals surface area contributed by atoms with Crippen molar-refractivity contribution in [2.45, 2.75) is 38.1 Å². The van der Waals surface area contributed by atoms with Crippen LogP contribution in [0.5, 0.6) is 0 Å². The summed E-state index contributed by atoms with van der Waals surface area (Å²) in [6.45, 7) is 7.01. The second-order valence-corrected chi connectivity index (χ2v) is 9.34. The van der Waals surface area contributed by atoms with E-state index < -0.39 is 21.5 Å². The Labute approximate surface area is 160 Å². The average Bonchev–Trinajstić information content (AvgIpc) is 2.52. The third kappa shape index (κ3) is 4.99. The van der Waals surface area contributed by atoms with Gasteiger partial charge in [-0.05, 0) is 52.0 Å². The van der Waals surface area contributed by atoms with Gasteiger partial charge in [-0.25, -0.2) is 8.42 Å². The zero-order valence-electron chi connectivity index (χ0n) is 15.3. The number of anilines is 1. The zero-order valence-corrected chi connectivity index (χ0v) is 16.9. The topological polar surface area (TPSA) is 66.5 Å². The number of halogens is 1. The molecule has 0 aromatic heterocycles. The van der Waals surface area contributed by atoms with Crippen LogP contribution in [0.2, 0.25) is 5.02 Å². The Morgan fingerprint density at radius 1 is 1.08 bits per heavy atom. The molecule has 0 aliphatic rings. The van der Waals surface area contributed by atoms with Crippen LogP contribution in [0.3, 0.4) is 0 Å². The van der Waals surface area contributed by atoms with E-state index in [1.54, 1.807) is 36.4 Å². The van der Waals surface area contributed by atoms with Crippen LogP contribution in [0, 0.1) is 6.92 Å². The predicted molar refractivity (Wildman–Crippen MR) is 105 cm³/mol. The standard InChI is InChI=1S/C19H23ClN2O3S/c1-14-9-11-15(12-10-14)26(24,25)22(13-18(23)21-19(2,3)4)17-8-6-5-7-16(17)20/h5-12H,13H2,1-4H3,(H,21,23). The largest absolute Gasteiger partial charge is 0.350 e. The Balaban J connectivity index is 2.48. The second-order valence-electron chi connectivity index (χ2n) is 7.07. The number of hydrogen-bond donors (Lipinski definition) is 1. The van der Waals surface area contributed by atoms with Gasteiger partial charge >= 0.3 is 0 Å². The Morgan fingerprint density at radius 3 is 2.19 bits per heavy atom. The summed E-state index contributed by atoms with van der Waals surface area (Å²) in [4.78, 5) is 12.5. The number of nitrogens with one attached hydrogen (secondary N) is 1. The molecule has 0 aliphatic heterocycles. The number of carbonyl (C=O) groups excluding carboxylic acids is 1. The number of carbonyl (C=O) groups is 1. The first-order valence-corrected chi connectivity index (χ1v) is 9.97. The number of rotatable bonds is 5. The van der Waals surface area contributed by atoms with E-state index in [4.69, 9.17) is 11.6 Å². The molecular weight excluding hydrogens is 372 g/mol. The minimum absolute atomic E-state index is 0.103. The molecule has 1 N–H and O–H groups in total. The second kappa shape index (κ2) is 7.68. The van der Waals surface area contributed by atoms with Crippen molar-refractivity contribution in [3.63, 3.8) is 0 Å². The maximum Gasteiger partial charge on any atom is 0.264 e. The van der Waals surface area contributed by atoms with Gasteiger partial charge in [0.2, 0.25) is 5.91 Å². The third-order valence-electron chi connectivity index (χ3n) is 3.53. The highest BCUT2D eigenvalue weighted by Gasteiger charge is 2.29. The SMILES string of the molecule is Cc1ccc(S(=O)(=O)N(CC(=O)NC(C)(C)C)c2ccccc2Cl)cc1. The van der Waals surface area contributed by atoms with Gasteiger partial charge in [0.25, 0.3) is 10.0 Å². The molecule has 7 heteroatoms. The minimum Gasteiger partial charge on any atom is -0.350 e. The summed E-state index contributed by atoms with van der Waals surface area (Å²) in [7, 11) is -3.96. The summed E-state index contributed by atoms with van der Waals surface area (Å²) in [5.74, 6) is -0.409. The van der Waals surface area contributed by atoms with Crippen molar-refractivity contribution >= 4 is 33.2 Å². The fraction of sp³-hybridized carbons (Fsp3) is 0.316. The van der Waals surface area contributed by atoms with Crippen molar-refractivity contribution in [3.8, 4) is 0 Å². The first kappa shape index (κ1) is 20.3. The number of nitrogens with zero attached hydrogens (tertiary/aromatic N) is 1. The summed E-state index contributed by atoms with van der Waals surface area (Å²) in [5.41, 5.74) is 0.731. The lowest BCUT2D eigenvalue weighted by atomic mass is 10.1. The molecule has 0 saturated carbocycles. The highest BCUT2D eigenvalue weighted by molar-refractivity contribution is 7.92. The molecule has 5 nitrogen and oxygen atoms in total. The van der Waals surface area contributed by atoms with Crippen LogP contribution in [0.15, 0.2) is 53.4 Å². The fourth-order valence-electron chi connectivity index (χ4n) is 2.38. The number of hydrogen-bond acceptors (Lipinski definition) is 3. The Bertz CT molecular complexity index is 888. The lowest BCUT2D eigenvalue weighted by molar-refractivity contribution is -0.121. The van der Waals surface area contributed by atoms with Crippen molar-refractivity contribution in [3.05, 3.63) is 59.1 Å². The van der Waals surface area contributed by atoms with Gasteiger partial charge < -0.3 is 5.32 Å². The number of sulfonamides is 1. The molecule has 0 saturated heterocycles. The van der Waals surface area contributed by atoms with Gasteiger partial charge in [0.05, 0.1) is 15.6 Å². The van der Waals surface area contributed by atoms with Crippen molar-refractivity contribution in [1.29, 1.82) is 0 Å². The van der Waals surface area contributed by atoms with E-state index in [9.17, 15) is 13.2 Å². The molecule has 26 heavy (non-hydrogen) atoms. The molecule has 0 unspecified atom stereocenters. The van der Waals surface area contributed by atoms with Gasteiger partial charge in [-0.3, -0.25) is 9.10 Å². The van der Waals surface area contributed by atoms with E-state index in [0.717, 1.165) is 9.87 Å². The predicted octanol–water partition coefficient (Wildman–Crippen LogP) is 3.76. The first-order chi connectivity index (χ1) is 12.0. The van der Waals surface area contributed by atoms with Gasteiger partial charge in [0, 0.05) is 5.54 Å². The lowest BCUT2D eigenvalue weighted by Crippen LogP contribution is -2.47. The van der Waals surface area contributed by atoms with Crippen molar-refractivity contribution < 1.29 is 13.2 Å².